The summed E-state index contributed by atoms with van der Waals surface area (Å²) in [4.78, 5) is 0. The van der Waals surface area contributed by atoms with Crippen molar-refractivity contribution in [2.75, 3.05) is 6.61 Å². The van der Waals surface area contributed by atoms with Crippen LogP contribution in [0.4, 0.5) is 0 Å². The van der Waals surface area contributed by atoms with Gasteiger partial charge in [0.2, 0.25) is 0 Å². The van der Waals surface area contributed by atoms with Crippen LogP contribution < -0.4 is 0 Å². The Morgan fingerprint density at radius 3 is 2.33 bits per heavy atom. The molecule has 0 aliphatic heterocycles. The van der Waals surface area contributed by atoms with Crippen molar-refractivity contribution in [1.82, 2.24) is 0 Å². The molecule has 0 saturated heterocycles. The first-order valence-electron chi connectivity index (χ1n) is 4.90. The van der Waals surface area contributed by atoms with Crippen LogP contribution in [0, 0.1) is 0 Å². The second-order valence-corrected chi connectivity index (χ2v) is 7.26. The Morgan fingerprint density at radius 1 is 1.42 bits per heavy atom. The minimum Gasteiger partial charge on any atom is -0.394 e. The first kappa shape index (κ1) is 10.2. The molecule has 0 spiro atoms. The Labute approximate surface area is 76.5 Å². The predicted molar refractivity (Wildman–Crippen MR) is 52.4 cm³/mol. The lowest BCUT2D eigenvalue weighted by molar-refractivity contribution is 0.140. The molecule has 0 radical (unpaired) electrons. The summed E-state index contributed by atoms with van der Waals surface area (Å²) in [7, 11) is -1.78. The molecule has 0 heterocycles. The van der Waals surface area contributed by atoms with Crippen molar-refractivity contribution in [3.8, 4) is 0 Å². The van der Waals surface area contributed by atoms with Gasteiger partial charge in [-0.15, -0.1) is 0 Å². The third kappa shape index (κ3) is 2.57. The topological polar surface area (TPSA) is 18.5 Å². The van der Waals surface area contributed by atoms with Crippen molar-refractivity contribution in [2.45, 2.75) is 51.8 Å². The van der Waals surface area contributed by atoms with Crippen LogP contribution >= 0.6 is 0 Å². The largest absolute Gasteiger partial charge is 0.394 e. The summed E-state index contributed by atoms with van der Waals surface area (Å²) in [6, 6.07) is 0. The van der Waals surface area contributed by atoms with Crippen LogP contribution in [0.1, 0.15) is 33.6 Å². The second kappa shape index (κ2) is 3.90. The van der Waals surface area contributed by atoms with Gasteiger partial charge in [-0.05, 0) is 40.2 Å². The maximum atomic E-state index is 5.92. The van der Waals surface area contributed by atoms with Gasteiger partial charge in [0.1, 0.15) is 0 Å². The molecule has 2 nitrogen and oxygen atoms in total. The highest BCUT2D eigenvalue weighted by Gasteiger charge is 2.48. The lowest BCUT2D eigenvalue weighted by Gasteiger charge is -2.28. The van der Waals surface area contributed by atoms with E-state index in [0.29, 0.717) is 6.10 Å². The molecule has 3 heteroatoms. The third-order valence-electron chi connectivity index (χ3n) is 2.22. The van der Waals surface area contributed by atoms with E-state index in [1.54, 1.807) is 0 Å². The molecule has 0 aromatic heterocycles. The van der Waals surface area contributed by atoms with Crippen molar-refractivity contribution in [2.24, 2.45) is 0 Å². The summed E-state index contributed by atoms with van der Waals surface area (Å²) in [6.45, 7) is 9.23. The maximum absolute atomic E-state index is 5.92. The summed E-state index contributed by atoms with van der Waals surface area (Å²) < 4.78 is 11.7. The Morgan fingerprint density at radius 2 is 2.00 bits per heavy atom. The van der Waals surface area contributed by atoms with Gasteiger partial charge in [-0.3, -0.25) is 0 Å². The van der Waals surface area contributed by atoms with E-state index in [9.17, 15) is 0 Å². The van der Waals surface area contributed by atoms with Gasteiger partial charge in [0.25, 0.3) is 0 Å². The first-order valence-corrected chi connectivity index (χ1v) is 7.29. The summed E-state index contributed by atoms with van der Waals surface area (Å²) in [5.74, 6) is 0. The molecule has 0 amide bonds. The van der Waals surface area contributed by atoms with Crippen molar-refractivity contribution in [3.63, 3.8) is 0 Å². The van der Waals surface area contributed by atoms with Crippen molar-refractivity contribution >= 4 is 8.56 Å². The van der Waals surface area contributed by atoms with Crippen molar-refractivity contribution in [3.05, 3.63) is 0 Å². The van der Waals surface area contributed by atoms with Crippen LogP contribution in [0.25, 0.3) is 0 Å². The maximum Gasteiger partial charge on any atom is 0.338 e. The highest BCUT2D eigenvalue weighted by molar-refractivity contribution is 6.68. The standard InChI is InChI=1S/C9H20O2Si/c1-5-10-12(4,9-6-7-9)11-8(2)3/h8-9H,5-7H2,1-4H3. The SMILES string of the molecule is CCO[Si](C)(OC(C)C)C1CC1. The fourth-order valence-electron chi connectivity index (χ4n) is 1.61. The van der Waals surface area contributed by atoms with Crippen LogP contribution in [-0.4, -0.2) is 21.3 Å². The molecule has 0 aromatic carbocycles. The Bertz CT molecular complexity index is 145. The van der Waals surface area contributed by atoms with Gasteiger partial charge in [0, 0.05) is 18.3 Å². The summed E-state index contributed by atoms with van der Waals surface area (Å²) in [5.41, 5.74) is 0.764. The molecule has 0 aromatic rings. The zero-order chi connectivity index (χ0) is 9.19. The molecule has 0 bridgehead atoms. The Kier molecular flexibility index (Phi) is 3.32. The lowest BCUT2D eigenvalue weighted by Crippen LogP contribution is -2.41. The normalized spacial score (nSPS) is 22.8. The van der Waals surface area contributed by atoms with Gasteiger partial charge in [-0.2, -0.15) is 0 Å². The number of hydrogen-bond acceptors (Lipinski definition) is 2. The molecular formula is C9H20O2Si. The molecule has 1 rings (SSSR count). The van der Waals surface area contributed by atoms with Crippen LogP contribution in [0.3, 0.4) is 0 Å². The molecule has 72 valence electrons. The first-order chi connectivity index (χ1) is 5.58. The van der Waals surface area contributed by atoms with Crippen LogP contribution in [-0.2, 0) is 8.85 Å². The fraction of sp³-hybridized carbons (Fsp3) is 1.00. The monoisotopic (exact) mass is 188 g/mol. The van der Waals surface area contributed by atoms with Gasteiger partial charge in [0.05, 0.1) is 0 Å². The highest BCUT2D eigenvalue weighted by Crippen LogP contribution is 2.46. The molecule has 0 N–H and O–H groups in total. The minimum atomic E-state index is -1.78. The van der Waals surface area contributed by atoms with Crippen LogP contribution in [0.2, 0.25) is 12.1 Å². The molecule has 1 unspecified atom stereocenters. The van der Waals surface area contributed by atoms with E-state index in [2.05, 4.69) is 27.3 Å². The molecule has 1 atom stereocenters. The average Bonchev–Trinajstić information content (AvgIpc) is 2.65. The lowest BCUT2D eigenvalue weighted by atomic mass is 10.5. The van der Waals surface area contributed by atoms with Gasteiger partial charge in [-0.25, -0.2) is 0 Å². The van der Waals surface area contributed by atoms with E-state index in [0.717, 1.165) is 12.1 Å². The molecule has 1 aliphatic carbocycles. The van der Waals surface area contributed by atoms with E-state index in [1.807, 2.05) is 0 Å². The van der Waals surface area contributed by atoms with Crippen molar-refractivity contribution < 1.29 is 8.85 Å². The van der Waals surface area contributed by atoms with E-state index in [1.165, 1.54) is 12.8 Å². The Balaban J connectivity index is 2.45. The molecule has 1 fully saturated rings. The molecule has 1 saturated carbocycles. The average molecular weight is 188 g/mol. The molecule has 12 heavy (non-hydrogen) atoms. The zero-order valence-electron chi connectivity index (χ0n) is 8.59. The number of rotatable bonds is 5. The van der Waals surface area contributed by atoms with Gasteiger partial charge < -0.3 is 8.85 Å². The van der Waals surface area contributed by atoms with E-state index in [4.69, 9.17) is 8.85 Å². The van der Waals surface area contributed by atoms with Gasteiger partial charge in [-0.1, -0.05) is 0 Å². The summed E-state index contributed by atoms with van der Waals surface area (Å²) >= 11 is 0. The zero-order valence-corrected chi connectivity index (χ0v) is 9.59. The van der Waals surface area contributed by atoms with E-state index in [-0.39, 0.29) is 0 Å². The summed E-state index contributed by atoms with van der Waals surface area (Å²) in [5, 5.41) is 0. The summed E-state index contributed by atoms with van der Waals surface area (Å²) in [6.07, 6.45) is 2.94. The number of hydrogen-bond donors (Lipinski definition) is 0. The second-order valence-electron chi connectivity index (χ2n) is 3.89. The molecule has 1 aliphatic rings. The smallest absolute Gasteiger partial charge is 0.338 e. The fourth-order valence-corrected chi connectivity index (χ4v) is 4.83. The minimum absolute atomic E-state index is 0.314. The molecular weight excluding hydrogens is 168 g/mol. The predicted octanol–water partition coefficient (Wildman–Crippen LogP) is 2.68. The Hall–Kier alpha value is 0.137. The van der Waals surface area contributed by atoms with E-state index >= 15 is 0 Å². The van der Waals surface area contributed by atoms with Crippen LogP contribution in [0.15, 0.2) is 0 Å². The van der Waals surface area contributed by atoms with E-state index < -0.39 is 8.56 Å². The quantitative estimate of drug-likeness (QED) is 0.618. The van der Waals surface area contributed by atoms with Crippen molar-refractivity contribution in [1.29, 1.82) is 0 Å². The van der Waals surface area contributed by atoms with Crippen LogP contribution in [0.5, 0.6) is 0 Å². The van der Waals surface area contributed by atoms with Gasteiger partial charge in [0.15, 0.2) is 0 Å². The van der Waals surface area contributed by atoms with Gasteiger partial charge >= 0.3 is 8.56 Å². The highest BCUT2D eigenvalue weighted by atomic mass is 28.4. The third-order valence-corrected chi connectivity index (χ3v) is 6.08.